The number of hydrogen-bond donors (Lipinski definition) is 1. The number of methoxy groups -OCH3 is 1. The topological polar surface area (TPSA) is 58.6 Å². The first kappa shape index (κ1) is 17.0. The molecule has 1 aliphatic heterocycles. The van der Waals surface area contributed by atoms with Crippen molar-refractivity contribution in [3.63, 3.8) is 0 Å². The first-order valence-corrected chi connectivity index (χ1v) is 8.40. The molecule has 2 aromatic carbocycles. The van der Waals surface area contributed by atoms with Crippen molar-refractivity contribution in [3.05, 3.63) is 53.6 Å². The Morgan fingerprint density at radius 2 is 1.92 bits per heavy atom. The predicted octanol–water partition coefficient (Wildman–Crippen LogP) is 3.18. The lowest BCUT2D eigenvalue weighted by Gasteiger charge is -2.29. The number of aryl methyl sites for hydroxylation is 1. The van der Waals surface area contributed by atoms with Crippen LogP contribution >= 0.6 is 0 Å². The maximum atomic E-state index is 12.3. The molecule has 0 bridgehead atoms. The van der Waals surface area contributed by atoms with Gasteiger partial charge in [0.15, 0.2) is 0 Å². The van der Waals surface area contributed by atoms with Crippen LogP contribution in [0.5, 0.6) is 5.75 Å². The summed E-state index contributed by atoms with van der Waals surface area (Å²) in [6.07, 6.45) is 2.21. The third kappa shape index (κ3) is 3.99. The number of amides is 2. The van der Waals surface area contributed by atoms with E-state index in [1.54, 1.807) is 18.9 Å². The highest BCUT2D eigenvalue weighted by Crippen LogP contribution is 2.30. The van der Waals surface area contributed by atoms with Gasteiger partial charge in [-0.15, -0.1) is 0 Å². The second kappa shape index (κ2) is 7.38. The highest BCUT2D eigenvalue weighted by molar-refractivity contribution is 5.96. The van der Waals surface area contributed by atoms with E-state index >= 15 is 0 Å². The van der Waals surface area contributed by atoms with Crippen LogP contribution in [0.1, 0.15) is 24.5 Å². The third-order valence-electron chi connectivity index (χ3n) is 4.39. The molecule has 0 fully saturated rings. The lowest BCUT2D eigenvalue weighted by Crippen LogP contribution is -2.33. The Bertz CT molecular complexity index is 784. The van der Waals surface area contributed by atoms with Gasteiger partial charge < -0.3 is 15.0 Å². The Kier molecular flexibility index (Phi) is 5.03. The summed E-state index contributed by atoms with van der Waals surface area (Å²) in [4.78, 5) is 25.9. The molecule has 0 unspecified atom stereocenters. The van der Waals surface area contributed by atoms with Crippen molar-refractivity contribution >= 4 is 23.2 Å². The molecule has 0 aliphatic carbocycles. The van der Waals surface area contributed by atoms with Crippen LogP contribution in [0.15, 0.2) is 42.5 Å². The van der Waals surface area contributed by atoms with E-state index in [0.717, 1.165) is 42.0 Å². The second-order valence-corrected chi connectivity index (χ2v) is 6.19. The Hall–Kier alpha value is -2.82. The van der Waals surface area contributed by atoms with Crippen molar-refractivity contribution in [2.45, 2.75) is 26.2 Å². The first-order chi connectivity index (χ1) is 12.1. The minimum atomic E-state index is -0.0877. The van der Waals surface area contributed by atoms with Gasteiger partial charge in [-0.2, -0.15) is 0 Å². The Balaban J connectivity index is 1.71. The van der Waals surface area contributed by atoms with Gasteiger partial charge >= 0.3 is 0 Å². The third-order valence-corrected chi connectivity index (χ3v) is 4.39. The van der Waals surface area contributed by atoms with E-state index in [2.05, 4.69) is 5.32 Å². The van der Waals surface area contributed by atoms with E-state index in [4.69, 9.17) is 4.74 Å². The minimum Gasteiger partial charge on any atom is -0.497 e. The Morgan fingerprint density at radius 1 is 1.16 bits per heavy atom. The molecular formula is C20H22N2O3. The van der Waals surface area contributed by atoms with Gasteiger partial charge in [-0.25, -0.2) is 0 Å². The standard InChI is InChI=1S/C20H22N2O3/c1-14(23)22-11-3-4-16-7-8-17(13-19(16)22)21-20(24)12-15-5-9-18(25-2)10-6-15/h5-10,13H,3-4,11-12H2,1-2H3,(H,21,24). The zero-order chi connectivity index (χ0) is 17.8. The fraction of sp³-hybridized carbons (Fsp3) is 0.300. The van der Waals surface area contributed by atoms with Gasteiger partial charge in [0.05, 0.1) is 13.5 Å². The lowest BCUT2D eigenvalue weighted by atomic mass is 10.0. The molecule has 1 N–H and O–H groups in total. The van der Waals surface area contributed by atoms with Crippen LogP contribution in [-0.4, -0.2) is 25.5 Å². The number of fused-ring (bicyclic) bond motifs is 1. The van der Waals surface area contributed by atoms with Crippen molar-refractivity contribution in [1.29, 1.82) is 0 Å². The van der Waals surface area contributed by atoms with Gasteiger partial charge in [-0.1, -0.05) is 18.2 Å². The monoisotopic (exact) mass is 338 g/mol. The lowest BCUT2D eigenvalue weighted by molar-refractivity contribution is -0.117. The van der Waals surface area contributed by atoms with Crippen LogP contribution < -0.4 is 15.0 Å². The van der Waals surface area contributed by atoms with Gasteiger partial charge in [-0.05, 0) is 48.2 Å². The second-order valence-electron chi connectivity index (χ2n) is 6.19. The molecule has 0 aromatic heterocycles. The average Bonchev–Trinajstić information content (AvgIpc) is 2.61. The fourth-order valence-corrected chi connectivity index (χ4v) is 3.11. The largest absolute Gasteiger partial charge is 0.497 e. The molecule has 0 atom stereocenters. The molecule has 130 valence electrons. The van der Waals surface area contributed by atoms with Crippen molar-refractivity contribution in [2.75, 3.05) is 23.9 Å². The molecule has 5 heteroatoms. The van der Waals surface area contributed by atoms with Crippen molar-refractivity contribution < 1.29 is 14.3 Å². The molecule has 2 amide bonds. The molecule has 5 nitrogen and oxygen atoms in total. The molecule has 0 saturated carbocycles. The van der Waals surface area contributed by atoms with E-state index < -0.39 is 0 Å². The molecule has 0 spiro atoms. The number of anilines is 2. The zero-order valence-electron chi connectivity index (χ0n) is 14.5. The smallest absolute Gasteiger partial charge is 0.228 e. The summed E-state index contributed by atoms with van der Waals surface area (Å²) < 4.78 is 5.12. The SMILES string of the molecule is COc1ccc(CC(=O)Nc2ccc3c(c2)N(C(C)=O)CCC3)cc1. The number of nitrogens with zero attached hydrogens (tertiary/aromatic N) is 1. The fourth-order valence-electron chi connectivity index (χ4n) is 3.11. The molecular weight excluding hydrogens is 316 g/mol. The highest BCUT2D eigenvalue weighted by atomic mass is 16.5. The molecule has 0 radical (unpaired) electrons. The molecule has 2 aromatic rings. The van der Waals surface area contributed by atoms with E-state index in [1.165, 1.54) is 0 Å². The Labute approximate surface area is 147 Å². The minimum absolute atomic E-state index is 0.0302. The van der Waals surface area contributed by atoms with Crippen molar-refractivity contribution in [3.8, 4) is 5.75 Å². The number of rotatable bonds is 4. The molecule has 0 saturated heterocycles. The van der Waals surface area contributed by atoms with Gasteiger partial charge in [0, 0.05) is 24.8 Å². The number of carbonyl (C=O) groups is 2. The van der Waals surface area contributed by atoms with E-state index in [9.17, 15) is 9.59 Å². The van der Waals surface area contributed by atoms with Crippen LogP contribution in [-0.2, 0) is 22.4 Å². The van der Waals surface area contributed by atoms with Gasteiger partial charge in [0.1, 0.15) is 5.75 Å². The molecule has 25 heavy (non-hydrogen) atoms. The highest BCUT2D eigenvalue weighted by Gasteiger charge is 2.20. The van der Waals surface area contributed by atoms with Crippen LogP contribution in [0.2, 0.25) is 0 Å². The Morgan fingerprint density at radius 3 is 2.60 bits per heavy atom. The van der Waals surface area contributed by atoms with Crippen molar-refractivity contribution in [1.82, 2.24) is 0 Å². The van der Waals surface area contributed by atoms with Gasteiger partial charge in [0.25, 0.3) is 0 Å². The number of hydrogen-bond acceptors (Lipinski definition) is 3. The van der Waals surface area contributed by atoms with E-state index in [1.807, 2.05) is 42.5 Å². The molecule has 3 rings (SSSR count). The summed E-state index contributed by atoms with van der Waals surface area (Å²) in [6, 6.07) is 13.2. The average molecular weight is 338 g/mol. The number of ether oxygens (including phenoxy) is 1. The van der Waals surface area contributed by atoms with Crippen LogP contribution in [0, 0.1) is 0 Å². The van der Waals surface area contributed by atoms with Gasteiger partial charge in [-0.3, -0.25) is 9.59 Å². The number of benzene rings is 2. The summed E-state index contributed by atoms with van der Waals surface area (Å²) >= 11 is 0. The summed E-state index contributed by atoms with van der Waals surface area (Å²) in [5.74, 6) is 0.709. The van der Waals surface area contributed by atoms with Gasteiger partial charge in [0.2, 0.25) is 11.8 Å². The van der Waals surface area contributed by atoms with E-state index in [0.29, 0.717) is 5.69 Å². The molecule has 1 heterocycles. The first-order valence-electron chi connectivity index (χ1n) is 8.40. The van der Waals surface area contributed by atoms with Crippen LogP contribution in [0.4, 0.5) is 11.4 Å². The quantitative estimate of drug-likeness (QED) is 0.931. The maximum Gasteiger partial charge on any atom is 0.228 e. The summed E-state index contributed by atoms with van der Waals surface area (Å²) in [5, 5.41) is 2.92. The maximum absolute atomic E-state index is 12.3. The summed E-state index contributed by atoms with van der Waals surface area (Å²) in [6.45, 7) is 2.30. The number of nitrogens with one attached hydrogen (secondary N) is 1. The normalized spacial score (nSPS) is 13.1. The zero-order valence-corrected chi connectivity index (χ0v) is 14.5. The van der Waals surface area contributed by atoms with Crippen molar-refractivity contribution in [2.24, 2.45) is 0 Å². The molecule has 1 aliphatic rings. The summed E-state index contributed by atoms with van der Waals surface area (Å²) in [5.41, 5.74) is 3.68. The van der Waals surface area contributed by atoms with E-state index in [-0.39, 0.29) is 18.2 Å². The van der Waals surface area contributed by atoms with Crippen LogP contribution in [0.3, 0.4) is 0 Å². The predicted molar refractivity (Wildman–Crippen MR) is 98.1 cm³/mol. The van der Waals surface area contributed by atoms with Crippen LogP contribution in [0.25, 0.3) is 0 Å². The summed E-state index contributed by atoms with van der Waals surface area (Å²) in [7, 11) is 1.61. The number of carbonyl (C=O) groups excluding carboxylic acids is 2.